The van der Waals surface area contributed by atoms with Crippen LogP contribution >= 0.6 is 0 Å². The number of rotatable bonds is 4. The number of nitrogens with zero attached hydrogens (tertiary/aromatic N) is 2. The van der Waals surface area contributed by atoms with Gasteiger partial charge in [0.15, 0.2) is 0 Å². The molecule has 0 radical (unpaired) electrons. The molecule has 2 rings (SSSR count). The highest BCUT2D eigenvalue weighted by molar-refractivity contribution is 6.02. The fourth-order valence-corrected chi connectivity index (χ4v) is 2.86. The molecule has 0 aromatic carbocycles. The zero-order valence-corrected chi connectivity index (χ0v) is 11.6. The molecule has 0 aromatic heterocycles. The Balaban J connectivity index is 1.84. The van der Waals surface area contributed by atoms with Crippen molar-refractivity contribution in [3.63, 3.8) is 0 Å². The fourth-order valence-electron chi connectivity index (χ4n) is 2.86. The molecule has 0 unspecified atom stereocenters. The summed E-state index contributed by atoms with van der Waals surface area (Å²) in [6.07, 6.45) is 4.75. The quantitative estimate of drug-likeness (QED) is 0.721. The van der Waals surface area contributed by atoms with Crippen molar-refractivity contribution in [3.8, 4) is 0 Å². The second kappa shape index (κ2) is 6.17. The van der Waals surface area contributed by atoms with Gasteiger partial charge in [0, 0.05) is 38.4 Å². The van der Waals surface area contributed by atoms with E-state index >= 15 is 0 Å². The fraction of sp³-hybridized carbons (Fsp3) is 0.786. The summed E-state index contributed by atoms with van der Waals surface area (Å²) in [5, 5.41) is 0. The predicted molar refractivity (Wildman–Crippen MR) is 70.2 cm³/mol. The lowest BCUT2D eigenvalue weighted by atomic mass is 10.0. The Kier molecular flexibility index (Phi) is 4.56. The van der Waals surface area contributed by atoms with Gasteiger partial charge >= 0.3 is 0 Å². The number of amides is 3. The summed E-state index contributed by atoms with van der Waals surface area (Å²) in [7, 11) is 0. The Labute approximate surface area is 113 Å². The molecule has 3 amide bonds. The van der Waals surface area contributed by atoms with Gasteiger partial charge in [-0.1, -0.05) is 13.3 Å². The SMILES string of the molecule is CCCCC(=O)N1CCC(N2C(=O)CCC2=O)CC1. The molecule has 2 heterocycles. The average molecular weight is 266 g/mol. The van der Waals surface area contributed by atoms with Crippen LogP contribution < -0.4 is 0 Å². The highest BCUT2D eigenvalue weighted by atomic mass is 16.2. The van der Waals surface area contributed by atoms with E-state index in [4.69, 9.17) is 0 Å². The molecule has 0 aromatic rings. The van der Waals surface area contributed by atoms with Crippen molar-refractivity contribution in [1.29, 1.82) is 0 Å². The lowest BCUT2D eigenvalue weighted by molar-refractivity contribution is -0.142. The molecule has 0 spiro atoms. The number of carbonyl (C=O) groups is 3. The number of carbonyl (C=O) groups excluding carboxylic acids is 3. The Morgan fingerprint density at radius 3 is 2.26 bits per heavy atom. The standard InChI is InChI=1S/C14H22N2O3/c1-2-3-4-12(17)15-9-7-11(8-10-15)16-13(18)5-6-14(16)19/h11H,2-10H2,1H3. The molecular weight excluding hydrogens is 244 g/mol. The first-order valence-electron chi connectivity index (χ1n) is 7.26. The lowest BCUT2D eigenvalue weighted by Gasteiger charge is -2.35. The first-order chi connectivity index (χ1) is 9.13. The van der Waals surface area contributed by atoms with Gasteiger partial charge in [-0.15, -0.1) is 0 Å². The maximum absolute atomic E-state index is 11.9. The van der Waals surface area contributed by atoms with E-state index in [9.17, 15) is 14.4 Å². The number of hydrogen-bond donors (Lipinski definition) is 0. The number of likely N-dealkylation sites (tertiary alicyclic amines) is 2. The molecule has 0 saturated carbocycles. The zero-order valence-electron chi connectivity index (χ0n) is 11.6. The van der Waals surface area contributed by atoms with E-state index in [0.717, 1.165) is 25.7 Å². The minimum atomic E-state index is -0.0410. The summed E-state index contributed by atoms with van der Waals surface area (Å²) in [5.74, 6) is 0.126. The summed E-state index contributed by atoms with van der Waals surface area (Å²) < 4.78 is 0. The molecule has 0 bridgehead atoms. The van der Waals surface area contributed by atoms with Crippen LogP contribution in [0.1, 0.15) is 51.9 Å². The topological polar surface area (TPSA) is 57.7 Å². The summed E-state index contributed by atoms with van der Waals surface area (Å²) >= 11 is 0. The molecule has 5 heteroatoms. The van der Waals surface area contributed by atoms with Gasteiger partial charge in [0.2, 0.25) is 17.7 Å². The van der Waals surface area contributed by atoms with Crippen LogP contribution in [-0.2, 0) is 14.4 Å². The van der Waals surface area contributed by atoms with Gasteiger partial charge < -0.3 is 4.90 Å². The smallest absolute Gasteiger partial charge is 0.229 e. The van der Waals surface area contributed by atoms with E-state index in [1.165, 1.54) is 4.90 Å². The molecule has 106 valence electrons. The molecular formula is C14H22N2O3. The average Bonchev–Trinajstić information content (AvgIpc) is 2.76. The van der Waals surface area contributed by atoms with Gasteiger partial charge in [0.25, 0.3) is 0 Å². The van der Waals surface area contributed by atoms with Crippen LogP contribution in [0.5, 0.6) is 0 Å². The van der Waals surface area contributed by atoms with E-state index in [1.54, 1.807) is 0 Å². The number of unbranched alkanes of at least 4 members (excludes halogenated alkanes) is 1. The zero-order chi connectivity index (χ0) is 13.8. The lowest BCUT2D eigenvalue weighted by Crippen LogP contribution is -2.48. The van der Waals surface area contributed by atoms with E-state index in [2.05, 4.69) is 6.92 Å². The summed E-state index contributed by atoms with van der Waals surface area (Å²) in [6.45, 7) is 3.42. The summed E-state index contributed by atoms with van der Waals surface area (Å²) in [6, 6.07) is 0.0118. The van der Waals surface area contributed by atoms with Crippen molar-refractivity contribution in [2.45, 2.75) is 57.9 Å². The molecule has 2 saturated heterocycles. The van der Waals surface area contributed by atoms with Crippen LogP contribution in [0.3, 0.4) is 0 Å². The van der Waals surface area contributed by atoms with Gasteiger partial charge in [0.05, 0.1) is 0 Å². The first kappa shape index (κ1) is 14.0. The van der Waals surface area contributed by atoms with E-state index in [0.29, 0.717) is 32.4 Å². The Hall–Kier alpha value is -1.39. The van der Waals surface area contributed by atoms with Crippen molar-refractivity contribution in [1.82, 2.24) is 9.80 Å². The molecule has 0 N–H and O–H groups in total. The second-order valence-electron chi connectivity index (χ2n) is 5.37. The highest BCUT2D eigenvalue weighted by Crippen LogP contribution is 2.23. The Bertz CT molecular complexity index is 357. The van der Waals surface area contributed by atoms with Crippen molar-refractivity contribution in [2.75, 3.05) is 13.1 Å². The van der Waals surface area contributed by atoms with E-state index in [1.807, 2.05) is 4.90 Å². The van der Waals surface area contributed by atoms with Crippen molar-refractivity contribution in [2.24, 2.45) is 0 Å². The largest absolute Gasteiger partial charge is 0.343 e. The van der Waals surface area contributed by atoms with Crippen molar-refractivity contribution < 1.29 is 14.4 Å². The van der Waals surface area contributed by atoms with Crippen LogP contribution in [-0.4, -0.2) is 46.7 Å². The third-order valence-corrected chi connectivity index (χ3v) is 4.02. The number of piperidine rings is 1. The number of imide groups is 1. The molecule has 2 aliphatic heterocycles. The summed E-state index contributed by atoms with van der Waals surface area (Å²) in [5.41, 5.74) is 0. The molecule has 0 aliphatic carbocycles. The van der Waals surface area contributed by atoms with Gasteiger partial charge in [-0.2, -0.15) is 0 Å². The maximum atomic E-state index is 11.9. The van der Waals surface area contributed by atoms with Crippen LogP contribution in [0.2, 0.25) is 0 Å². The third kappa shape index (κ3) is 3.14. The normalized spacial score (nSPS) is 21.3. The van der Waals surface area contributed by atoms with E-state index in [-0.39, 0.29) is 23.8 Å². The van der Waals surface area contributed by atoms with Crippen LogP contribution in [0.15, 0.2) is 0 Å². The number of hydrogen-bond acceptors (Lipinski definition) is 3. The molecule has 0 atom stereocenters. The highest BCUT2D eigenvalue weighted by Gasteiger charge is 2.36. The third-order valence-electron chi connectivity index (χ3n) is 4.02. The van der Waals surface area contributed by atoms with Gasteiger partial charge in [0.1, 0.15) is 0 Å². The predicted octanol–water partition coefficient (Wildman–Crippen LogP) is 1.32. The molecule has 5 nitrogen and oxygen atoms in total. The molecule has 2 fully saturated rings. The second-order valence-corrected chi connectivity index (χ2v) is 5.37. The monoisotopic (exact) mass is 266 g/mol. The minimum absolute atomic E-state index is 0.0118. The van der Waals surface area contributed by atoms with E-state index < -0.39 is 0 Å². The molecule has 2 aliphatic rings. The van der Waals surface area contributed by atoms with Gasteiger partial charge in [-0.3, -0.25) is 19.3 Å². The minimum Gasteiger partial charge on any atom is -0.343 e. The van der Waals surface area contributed by atoms with Crippen molar-refractivity contribution in [3.05, 3.63) is 0 Å². The van der Waals surface area contributed by atoms with Crippen LogP contribution in [0, 0.1) is 0 Å². The van der Waals surface area contributed by atoms with Crippen LogP contribution in [0.4, 0.5) is 0 Å². The first-order valence-corrected chi connectivity index (χ1v) is 7.26. The van der Waals surface area contributed by atoms with Gasteiger partial charge in [-0.05, 0) is 19.3 Å². The van der Waals surface area contributed by atoms with Crippen molar-refractivity contribution >= 4 is 17.7 Å². The molecule has 19 heavy (non-hydrogen) atoms. The Morgan fingerprint density at radius 1 is 1.16 bits per heavy atom. The van der Waals surface area contributed by atoms with Gasteiger partial charge in [-0.25, -0.2) is 0 Å². The summed E-state index contributed by atoms with van der Waals surface area (Å²) in [4.78, 5) is 38.5. The van der Waals surface area contributed by atoms with Crippen LogP contribution in [0.25, 0.3) is 0 Å². The Morgan fingerprint density at radius 2 is 1.74 bits per heavy atom. The maximum Gasteiger partial charge on any atom is 0.229 e.